The van der Waals surface area contributed by atoms with Crippen LogP contribution in [0.15, 0.2) is 30.5 Å². The van der Waals surface area contributed by atoms with Gasteiger partial charge in [-0.1, -0.05) is 42.8 Å². The number of ether oxygens (including phenoxy) is 3. The van der Waals surface area contributed by atoms with Crippen LogP contribution in [0.1, 0.15) is 45.6 Å². The third-order valence-electron chi connectivity index (χ3n) is 6.04. The predicted octanol–water partition coefficient (Wildman–Crippen LogP) is 3.45. The number of rotatable bonds is 10. The molecule has 0 aliphatic carbocycles. The molecule has 0 saturated carbocycles. The van der Waals surface area contributed by atoms with Crippen LogP contribution in [0.5, 0.6) is 0 Å². The van der Waals surface area contributed by atoms with Crippen molar-refractivity contribution in [3.8, 4) is 11.3 Å². The van der Waals surface area contributed by atoms with Gasteiger partial charge in [-0.15, -0.1) is 5.10 Å². The number of aromatic nitrogens is 3. The molecule has 1 N–H and O–H groups in total. The summed E-state index contributed by atoms with van der Waals surface area (Å²) in [6, 6.07) is 8.03. The van der Waals surface area contributed by atoms with Crippen molar-refractivity contribution in [2.45, 2.75) is 72.0 Å². The highest BCUT2D eigenvalue weighted by Crippen LogP contribution is 2.34. The van der Waals surface area contributed by atoms with E-state index in [1.165, 1.54) is 6.92 Å². The zero-order valence-corrected chi connectivity index (χ0v) is 19.6. The second-order valence-corrected chi connectivity index (χ2v) is 8.75. The van der Waals surface area contributed by atoms with Gasteiger partial charge in [-0.25, -0.2) is 4.68 Å². The normalized spacial score (nSPS) is 25.0. The molecule has 0 spiro atoms. The molecule has 0 bridgehead atoms. The summed E-state index contributed by atoms with van der Waals surface area (Å²) in [6.45, 7) is 8.20. The molecule has 1 aliphatic rings. The molecule has 2 aromatic rings. The van der Waals surface area contributed by atoms with Crippen molar-refractivity contribution in [1.29, 1.82) is 0 Å². The van der Waals surface area contributed by atoms with Crippen LogP contribution in [0.25, 0.3) is 11.3 Å². The van der Waals surface area contributed by atoms with Gasteiger partial charge in [-0.05, 0) is 25.8 Å². The maximum Gasteiger partial charge on any atom is 0.303 e. The highest BCUT2D eigenvalue weighted by molar-refractivity contribution is 5.66. The summed E-state index contributed by atoms with van der Waals surface area (Å²) in [4.78, 5) is 22.5. The van der Waals surface area contributed by atoms with Crippen LogP contribution < -0.4 is 0 Å². The molecular formula is C24H33N3O6. The first-order valence-electron chi connectivity index (χ1n) is 11.4. The van der Waals surface area contributed by atoms with Gasteiger partial charge in [0.2, 0.25) is 0 Å². The van der Waals surface area contributed by atoms with Gasteiger partial charge in [-0.3, -0.25) is 9.59 Å². The summed E-state index contributed by atoms with van der Waals surface area (Å²) in [5, 5.41) is 17.3. The van der Waals surface area contributed by atoms with E-state index in [1.807, 2.05) is 51.2 Å². The second kappa shape index (κ2) is 11.4. The summed E-state index contributed by atoms with van der Waals surface area (Å²) in [5.41, 5.74) is 2.87. The molecule has 3 rings (SSSR count). The van der Waals surface area contributed by atoms with Gasteiger partial charge in [0.15, 0.2) is 6.29 Å². The number of carboxylic acids is 1. The van der Waals surface area contributed by atoms with Crippen molar-refractivity contribution in [3.63, 3.8) is 0 Å². The van der Waals surface area contributed by atoms with Crippen LogP contribution in [0, 0.1) is 18.8 Å². The van der Waals surface area contributed by atoms with Gasteiger partial charge >= 0.3 is 11.9 Å². The Hall–Kier alpha value is -2.78. The Balaban J connectivity index is 1.69. The lowest BCUT2D eigenvalue weighted by atomic mass is 9.84. The molecule has 1 aromatic carbocycles. The molecule has 180 valence electrons. The predicted molar refractivity (Wildman–Crippen MR) is 120 cm³/mol. The third-order valence-corrected chi connectivity index (χ3v) is 6.04. The number of benzene rings is 1. The van der Waals surface area contributed by atoms with Gasteiger partial charge in [0.05, 0.1) is 12.7 Å². The topological polar surface area (TPSA) is 113 Å². The Morgan fingerprint density at radius 1 is 1.21 bits per heavy atom. The number of carboxylic acid groups (broad SMARTS) is 1. The van der Waals surface area contributed by atoms with Crippen molar-refractivity contribution in [1.82, 2.24) is 15.0 Å². The maximum absolute atomic E-state index is 11.8. The smallest absolute Gasteiger partial charge is 0.303 e. The number of nitrogens with zero attached hydrogens (tertiary/aromatic N) is 3. The minimum Gasteiger partial charge on any atom is -0.481 e. The van der Waals surface area contributed by atoms with E-state index in [4.69, 9.17) is 19.3 Å². The largest absolute Gasteiger partial charge is 0.481 e. The Morgan fingerprint density at radius 2 is 2.00 bits per heavy atom. The van der Waals surface area contributed by atoms with Crippen molar-refractivity contribution in [3.05, 3.63) is 36.0 Å². The van der Waals surface area contributed by atoms with Crippen LogP contribution in [-0.4, -0.2) is 57.1 Å². The Kier molecular flexibility index (Phi) is 8.57. The molecule has 5 unspecified atom stereocenters. The molecule has 9 nitrogen and oxygen atoms in total. The van der Waals surface area contributed by atoms with Crippen molar-refractivity contribution in [2.75, 3.05) is 6.61 Å². The zero-order chi connectivity index (χ0) is 24.0. The van der Waals surface area contributed by atoms with Gasteiger partial charge in [0.25, 0.3) is 0 Å². The van der Waals surface area contributed by atoms with E-state index in [2.05, 4.69) is 10.3 Å². The monoisotopic (exact) mass is 459 g/mol. The summed E-state index contributed by atoms with van der Waals surface area (Å²) >= 11 is 0. The van der Waals surface area contributed by atoms with E-state index in [1.54, 1.807) is 4.68 Å². The van der Waals surface area contributed by atoms with Crippen LogP contribution in [0.4, 0.5) is 0 Å². The average Bonchev–Trinajstić information content (AvgIpc) is 3.22. The number of hydrogen-bond donors (Lipinski definition) is 1. The van der Waals surface area contributed by atoms with Gasteiger partial charge < -0.3 is 19.3 Å². The molecule has 0 radical (unpaired) electrons. The first kappa shape index (κ1) is 24.9. The van der Waals surface area contributed by atoms with E-state index >= 15 is 0 Å². The van der Waals surface area contributed by atoms with Crippen molar-refractivity contribution < 1.29 is 28.9 Å². The lowest BCUT2D eigenvalue weighted by molar-refractivity contribution is -0.269. The molecule has 1 aromatic heterocycles. The number of hydrogen-bond acceptors (Lipinski definition) is 7. The first-order valence-corrected chi connectivity index (χ1v) is 11.4. The average molecular weight is 460 g/mol. The number of esters is 1. The lowest BCUT2D eigenvalue weighted by Gasteiger charge is -2.43. The molecule has 1 aliphatic heterocycles. The molecular weight excluding hydrogens is 426 g/mol. The molecule has 1 fully saturated rings. The number of unbranched alkanes of at least 4 members (excludes halogenated alkanes) is 1. The highest BCUT2D eigenvalue weighted by Gasteiger charge is 2.44. The molecule has 9 heteroatoms. The quantitative estimate of drug-likeness (QED) is 0.425. The fourth-order valence-electron chi connectivity index (χ4n) is 4.06. The van der Waals surface area contributed by atoms with Gasteiger partial charge in [-0.2, -0.15) is 0 Å². The van der Waals surface area contributed by atoms with Crippen molar-refractivity contribution >= 4 is 11.9 Å². The minimum absolute atomic E-state index is 0.00330. The Bertz CT molecular complexity index is 946. The molecule has 5 atom stereocenters. The van der Waals surface area contributed by atoms with E-state index in [0.717, 1.165) is 16.8 Å². The first-order chi connectivity index (χ1) is 15.7. The third kappa shape index (κ3) is 6.85. The van der Waals surface area contributed by atoms with E-state index in [9.17, 15) is 9.59 Å². The van der Waals surface area contributed by atoms with Crippen LogP contribution in [0.2, 0.25) is 0 Å². The number of aryl methyl sites for hydroxylation is 1. The highest BCUT2D eigenvalue weighted by atomic mass is 16.7. The molecule has 33 heavy (non-hydrogen) atoms. The Morgan fingerprint density at radius 3 is 2.70 bits per heavy atom. The molecule has 1 saturated heterocycles. The van der Waals surface area contributed by atoms with Gasteiger partial charge in [0, 0.05) is 37.4 Å². The summed E-state index contributed by atoms with van der Waals surface area (Å²) in [5.74, 6) is -1.19. The number of carbonyl (C=O) groups excluding carboxylic acids is 1. The minimum atomic E-state index is -0.812. The SMILES string of the molecule is CC(=O)OC1C(Cn2cc(-c3cccc(C)c3)nn2)OC(OCCCCC(=O)O)C(C)C1C. The van der Waals surface area contributed by atoms with Gasteiger partial charge in [0.1, 0.15) is 17.9 Å². The molecule has 2 heterocycles. The van der Waals surface area contributed by atoms with E-state index in [-0.39, 0.29) is 24.2 Å². The van der Waals surface area contributed by atoms with E-state index < -0.39 is 24.5 Å². The van der Waals surface area contributed by atoms with Crippen LogP contribution in [-0.2, 0) is 30.3 Å². The fraction of sp³-hybridized carbons (Fsp3) is 0.583. The van der Waals surface area contributed by atoms with Crippen LogP contribution in [0.3, 0.4) is 0 Å². The number of aliphatic carboxylic acids is 1. The molecule has 0 amide bonds. The summed E-state index contributed by atoms with van der Waals surface area (Å²) in [6.07, 6.45) is 1.76. The second-order valence-electron chi connectivity index (χ2n) is 8.75. The zero-order valence-electron chi connectivity index (χ0n) is 19.6. The van der Waals surface area contributed by atoms with E-state index in [0.29, 0.717) is 26.0 Å². The maximum atomic E-state index is 11.8. The Labute approximate surface area is 194 Å². The van der Waals surface area contributed by atoms with Crippen LogP contribution >= 0.6 is 0 Å². The van der Waals surface area contributed by atoms with Crippen molar-refractivity contribution in [2.24, 2.45) is 11.8 Å². The standard InChI is InChI=1S/C24H33N3O6/c1-15-8-7-9-19(12-15)20-13-27(26-25-20)14-21-23(32-18(4)28)16(2)17(3)24(33-21)31-11-6-5-10-22(29)30/h7-9,12-13,16-17,21,23-24H,5-6,10-11,14H2,1-4H3,(H,29,30). The lowest BCUT2D eigenvalue weighted by Crippen LogP contribution is -2.53. The summed E-state index contributed by atoms with van der Waals surface area (Å²) in [7, 11) is 0. The number of carbonyl (C=O) groups is 2. The summed E-state index contributed by atoms with van der Waals surface area (Å²) < 4.78 is 19.5. The fourth-order valence-corrected chi connectivity index (χ4v) is 4.06.